The molecule has 0 saturated carbocycles. The Bertz CT molecular complexity index is 1960. The first kappa shape index (κ1) is 29.0. The van der Waals surface area contributed by atoms with Crippen molar-refractivity contribution < 1.29 is 23.9 Å². The Balaban J connectivity index is 1.17. The molecule has 0 saturated heterocycles. The number of fused-ring (bicyclic) bond motifs is 3. The van der Waals surface area contributed by atoms with Gasteiger partial charge < -0.3 is 14.5 Å². The van der Waals surface area contributed by atoms with Gasteiger partial charge in [-0.1, -0.05) is 78.9 Å². The number of carbonyl (C=O) groups excluding carboxylic acids is 4. The Morgan fingerprint density at radius 3 is 2.13 bits per heavy atom. The molecule has 0 radical (unpaired) electrons. The number of para-hydroxylation sites is 2. The number of imide groups is 1. The molecule has 2 heterocycles. The van der Waals surface area contributed by atoms with Crippen molar-refractivity contribution in [3.8, 4) is 5.75 Å². The molecule has 2 aliphatic rings. The first-order valence-corrected chi connectivity index (χ1v) is 15.3. The zero-order valence-corrected chi connectivity index (χ0v) is 25.2. The molecule has 8 nitrogen and oxygen atoms in total. The van der Waals surface area contributed by atoms with Crippen molar-refractivity contribution in [3.05, 3.63) is 138 Å². The standard InChI is InChI=1S/C38H31N3O5/c1-25-21-34(41(28-13-3-2-4-14-28)36(43)24-46-29-20-19-26-11-5-6-12-27(26)22-29)32-17-9-10-18-33(32)40(25)35(42)23-39-37(44)30-15-7-8-16-31(30)38(39)45/h2-20,22,25,34H,21,23-24H2,1H3/t25-,34+/m1/s1. The second kappa shape index (κ2) is 12.0. The van der Waals surface area contributed by atoms with Crippen LogP contribution in [0.1, 0.15) is 45.7 Å². The van der Waals surface area contributed by atoms with E-state index >= 15 is 0 Å². The van der Waals surface area contributed by atoms with Gasteiger partial charge in [-0.3, -0.25) is 24.1 Å². The van der Waals surface area contributed by atoms with E-state index in [0.29, 0.717) is 34.7 Å². The number of ether oxygens (including phenoxy) is 1. The number of hydrogen-bond donors (Lipinski definition) is 0. The topological polar surface area (TPSA) is 87.2 Å². The van der Waals surface area contributed by atoms with Crippen molar-refractivity contribution >= 4 is 45.8 Å². The van der Waals surface area contributed by atoms with Gasteiger partial charge in [0.15, 0.2) is 6.61 Å². The maximum Gasteiger partial charge on any atom is 0.265 e. The summed E-state index contributed by atoms with van der Waals surface area (Å²) in [6.45, 7) is 1.36. The Kier molecular flexibility index (Phi) is 7.54. The SMILES string of the molecule is C[C@@H]1C[C@H](N(C(=O)COc2ccc3ccccc3c2)c2ccccc2)c2ccccc2N1C(=O)CN1C(=O)c2ccccc2C1=O. The molecule has 0 spiro atoms. The van der Waals surface area contributed by atoms with Crippen LogP contribution in [0, 0.1) is 0 Å². The van der Waals surface area contributed by atoms with Crippen LogP contribution >= 0.6 is 0 Å². The van der Waals surface area contributed by atoms with Crippen LogP contribution in [0.4, 0.5) is 11.4 Å². The fourth-order valence-electron chi connectivity index (χ4n) is 6.56. The molecule has 8 heteroatoms. The highest BCUT2D eigenvalue weighted by Gasteiger charge is 2.42. The van der Waals surface area contributed by atoms with Crippen molar-refractivity contribution in [2.75, 3.05) is 23.0 Å². The van der Waals surface area contributed by atoms with E-state index in [2.05, 4.69) is 0 Å². The maximum atomic E-state index is 14.1. The molecule has 7 rings (SSSR count). The fourth-order valence-corrected chi connectivity index (χ4v) is 6.56. The van der Waals surface area contributed by atoms with Crippen LogP contribution in [0.5, 0.6) is 5.75 Å². The van der Waals surface area contributed by atoms with Crippen LogP contribution in [0.25, 0.3) is 10.8 Å². The largest absolute Gasteiger partial charge is 0.484 e. The van der Waals surface area contributed by atoms with E-state index in [4.69, 9.17) is 4.74 Å². The van der Waals surface area contributed by atoms with Gasteiger partial charge >= 0.3 is 0 Å². The molecule has 0 N–H and O–H groups in total. The van der Waals surface area contributed by atoms with Crippen molar-refractivity contribution in [3.63, 3.8) is 0 Å². The first-order valence-electron chi connectivity index (χ1n) is 15.3. The fraction of sp³-hybridized carbons (Fsp3) is 0.158. The normalized spacial score (nSPS) is 17.1. The molecule has 2 aliphatic heterocycles. The Labute approximate surface area is 266 Å². The third kappa shape index (κ3) is 5.17. The molecule has 2 atom stereocenters. The van der Waals surface area contributed by atoms with E-state index in [1.165, 1.54) is 0 Å². The molecule has 0 unspecified atom stereocenters. The van der Waals surface area contributed by atoms with Crippen LogP contribution in [-0.4, -0.2) is 47.7 Å². The molecule has 4 amide bonds. The van der Waals surface area contributed by atoms with Gasteiger partial charge in [0.2, 0.25) is 5.91 Å². The van der Waals surface area contributed by atoms with Crippen LogP contribution in [0.2, 0.25) is 0 Å². The van der Waals surface area contributed by atoms with E-state index in [-0.39, 0.29) is 31.0 Å². The highest BCUT2D eigenvalue weighted by molar-refractivity contribution is 6.22. The van der Waals surface area contributed by atoms with Crippen LogP contribution < -0.4 is 14.5 Å². The minimum absolute atomic E-state index is 0.178. The average molecular weight is 610 g/mol. The smallest absolute Gasteiger partial charge is 0.265 e. The third-order valence-corrected chi connectivity index (χ3v) is 8.70. The Morgan fingerprint density at radius 2 is 1.39 bits per heavy atom. The van der Waals surface area contributed by atoms with Gasteiger partial charge in [0, 0.05) is 17.4 Å². The predicted octanol–water partition coefficient (Wildman–Crippen LogP) is 6.41. The second-order valence-electron chi connectivity index (χ2n) is 11.6. The summed E-state index contributed by atoms with van der Waals surface area (Å²) in [4.78, 5) is 58.4. The van der Waals surface area contributed by atoms with Crippen LogP contribution in [-0.2, 0) is 9.59 Å². The highest BCUT2D eigenvalue weighted by atomic mass is 16.5. The number of rotatable bonds is 7. The summed E-state index contributed by atoms with van der Waals surface area (Å²) in [6.07, 6.45) is 0.432. The van der Waals surface area contributed by atoms with E-state index in [0.717, 1.165) is 21.2 Å². The lowest BCUT2D eigenvalue weighted by molar-refractivity contribution is -0.121. The zero-order valence-electron chi connectivity index (χ0n) is 25.2. The molecule has 46 heavy (non-hydrogen) atoms. The number of benzene rings is 5. The molecule has 228 valence electrons. The molecule has 0 aliphatic carbocycles. The molecule has 5 aromatic rings. The number of hydrogen-bond acceptors (Lipinski definition) is 5. The molecular formula is C38H31N3O5. The highest BCUT2D eigenvalue weighted by Crippen LogP contribution is 2.42. The lowest BCUT2D eigenvalue weighted by atomic mass is 9.89. The van der Waals surface area contributed by atoms with E-state index in [9.17, 15) is 19.2 Å². The van der Waals surface area contributed by atoms with Crippen molar-refractivity contribution in [1.82, 2.24) is 4.90 Å². The lowest BCUT2D eigenvalue weighted by Crippen LogP contribution is -2.51. The monoisotopic (exact) mass is 609 g/mol. The van der Waals surface area contributed by atoms with Gasteiger partial charge in [0.05, 0.1) is 17.2 Å². The van der Waals surface area contributed by atoms with Gasteiger partial charge in [-0.05, 0) is 72.1 Å². The van der Waals surface area contributed by atoms with Crippen LogP contribution in [0.15, 0.2) is 121 Å². The van der Waals surface area contributed by atoms with Crippen molar-refractivity contribution in [1.29, 1.82) is 0 Å². The summed E-state index contributed by atoms with van der Waals surface area (Å²) in [7, 11) is 0. The molecular weight excluding hydrogens is 578 g/mol. The van der Waals surface area contributed by atoms with Gasteiger partial charge in [0.25, 0.3) is 17.7 Å². The van der Waals surface area contributed by atoms with E-state index in [1.807, 2.05) is 104 Å². The summed E-state index contributed by atoms with van der Waals surface area (Å²) in [5, 5.41) is 2.11. The minimum atomic E-state index is -0.475. The third-order valence-electron chi connectivity index (χ3n) is 8.70. The van der Waals surface area contributed by atoms with E-state index in [1.54, 1.807) is 34.1 Å². The van der Waals surface area contributed by atoms with Crippen LogP contribution in [0.3, 0.4) is 0 Å². The second-order valence-corrected chi connectivity index (χ2v) is 11.6. The Hall–Kier alpha value is -5.76. The van der Waals surface area contributed by atoms with Crippen molar-refractivity contribution in [2.24, 2.45) is 0 Å². The summed E-state index contributed by atoms with van der Waals surface area (Å²) >= 11 is 0. The lowest BCUT2D eigenvalue weighted by Gasteiger charge is -2.43. The molecule has 5 aromatic carbocycles. The molecule has 0 aromatic heterocycles. The van der Waals surface area contributed by atoms with Gasteiger partial charge in [-0.25, -0.2) is 0 Å². The number of amides is 4. The summed E-state index contributed by atoms with van der Waals surface area (Å²) in [5.41, 5.74) is 2.74. The first-order chi connectivity index (χ1) is 22.4. The number of anilines is 2. The Morgan fingerprint density at radius 1 is 0.761 bits per heavy atom. The van der Waals surface area contributed by atoms with E-state index < -0.39 is 17.9 Å². The number of nitrogens with zero attached hydrogens (tertiary/aromatic N) is 3. The number of carbonyl (C=O) groups is 4. The summed E-state index contributed by atoms with van der Waals surface area (Å²) < 4.78 is 6.04. The summed E-state index contributed by atoms with van der Waals surface area (Å²) in [6, 6.07) is 36.5. The van der Waals surface area contributed by atoms with Gasteiger partial charge in [-0.2, -0.15) is 0 Å². The van der Waals surface area contributed by atoms with Gasteiger partial charge in [-0.15, -0.1) is 0 Å². The predicted molar refractivity (Wildman–Crippen MR) is 176 cm³/mol. The maximum absolute atomic E-state index is 14.1. The molecule has 0 bridgehead atoms. The molecule has 0 fully saturated rings. The average Bonchev–Trinajstić information content (AvgIpc) is 3.32. The summed E-state index contributed by atoms with van der Waals surface area (Å²) in [5.74, 6) is -0.946. The quantitative estimate of drug-likeness (QED) is 0.199. The van der Waals surface area contributed by atoms with Crippen molar-refractivity contribution in [2.45, 2.75) is 25.4 Å². The van der Waals surface area contributed by atoms with Gasteiger partial charge in [0.1, 0.15) is 12.3 Å². The minimum Gasteiger partial charge on any atom is -0.484 e. The zero-order chi connectivity index (χ0) is 31.8.